The fraction of sp³-hybridized carbons (Fsp3) is 0.333. The summed E-state index contributed by atoms with van der Waals surface area (Å²) in [5.41, 5.74) is 1.00. The number of rotatable bonds is 4. The van der Waals surface area contributed by atoms with Crippen LogP contribution in [0, 0.1) is 10.6 Å². The van der Waals surface area contributed by atoms with E-state index in [2.05, 4.69) is 0 Å². The summed E-state index contributed by atoms with van der Waals surface area (Å²) in [6.07, 6.45) is 3.57. The standard InChI is InChI=1S/C9H12N2O2S/c1-14-9-7(5-8(10)6-12)3-2-4-11(9)13/h2-4,10,12H,5-6H2,1H3. The molecule has 0 amide bonds. The fourth-order valence-corrected chi connectivity index (χ4v) is 1.80. The van der Waals surface area contributed by atoms with Crippen LogP contribution in [-0.4, -0.2) is 23.7 Å². The Balaban J connectivity index is 2.96. The van der Waals surface area contributed by atoms with E-state index in [1.807, 2.05) is 6.26 Å². The van der Waals surface area contributed by atoms with E-state index in [0.717, 1.165) is 10.3 Å². The number of thioether (sulfide) groups is 1. The Bertz CT molecular complexity index is 342. The Morgan fingerprint density at radius 3 is 3.00 bits per heavy atom. The first-order chi connectivity index (χ1) is 6.69. The monoisotopic (exact) mass is 212 g/mol. The summed E-state index contributed by atoms with van der Waals surface area (Å²) in [7, 11) is 0. The molecule has 76 valence electrons. The van der Waals surface area contributed by atoms with Crippen LogP contribution in [0.15, 0.2) is 23.4 Å². The topological polar surface area (TPSA) is 71.0 Å². The van der Waals surface area contributed by atoms with Gasteiger partial charge in [0.05, 0.1) is 6.61 Å². The van der Waals surface area contributed by atoms with Crippen molar-refractivity contribution >= 4 is 17.5 Å². The minimum Gasteiger partial charge on any atom is -0.618 e. The van der Waals surface area contributed by atoms with Crippen molar-refractivity contribution in [1.82, 2.24) is 0 Å². The molecule has 1 rings (SSSR count). The van der Waals surface area contributed by atoms with Gasteiger partial charge in [0.15, 0.2) is 6.20 Å². The molecule has 0 saturated carbocycles. The number of aliphatic hydroxyl groups excluding tert-OH is 1. The van der Waals surface area contributed by atoms with Crippen molar-refractivity contribution in [2.24, 2.45) is 0 Å². The SMILES string of the molecule is CSc1c(CC(=N)CO)ccc[n+]1[O-]. The number of aliphatic hydroxyl groups is 1. The van der Waals surface area contributed by atoms with Crippen molar-refractivity contribution in [2.75, 3.05) is 12.9 Å². The molecule has 1 heterocycles. The molecule has 5 heteroatoms. The number of nitrogens with one attached hydrogen (secondary N) is 1. The predicted octanol–water partition coefficient (Wildman–Crippen LogP) is 0.596. The van der Waals surface area contributed by atoms with Crippen molar-refractivity contribution in [3.63, 3.8) is 0 Å². The Morgan fingerprint density at radius 1 is 1.71 bits per heavy atom. The Labute approximate surface area is 86.7 Å². The van der Waals surface area contributed by atoms with Crippen LogP contribution in [0.5, 0.6) is 0 Å². The summed E-state index contributed by atoms with van der Waals surface area (Å²) < 4.78 is 0.782. The van der Waals surface area contributed by atoms with Gasteiger partial charge in [0.25, 0.3) is 5.03 Å². The Kier molecular flexibility index (Phi) is 3.91. The van der Waals surface area contributed by atoms with Crippen molar-refractivity contribution < 1.29 is 9.84 Å². The van der Waals surface area contributed by atoms with Gasteiger partial charge in [0.1, 0.15) is 0 Å². The molecule has 1 aromatic rings. The molecule has 0 bridgehead atoms. The van der Waals surface area contributed by atoms with Gasteiger partial charge in [0.2, 0.25) is 0 Å². The van der Waals surface area contributed by atoms with Gasteiger partial charge in [-0.2, -0.15) is 4.73 Å². The van der Waals surface area contributed by atoms with E-state index < -0.39 is 0 Å². The van der Waals surface area contributed by atoms with E-state index in [-0.39, 0.29) is 12.3 Å². The molecule has 0 aliphatic heterocycles. The highest BCUT2D eigenvalue weighted by atomic mass is 32.2. The molecule has 0 spiro atoms. The van der Waals surface area contributed by atoms with Crippen LogP contribution in [0.2, 0.25) is 0 Å². The molecule has 0 aliphatic carbocycles. The third-order valence-corrected chi connectivity index (χ3v) is 2.61. The van der Waals surface area contributed by atoms with Gasteiger partial charge >= 0.3 is 0 Å². The highest BCUT2D eigenvalue weighted by molar-refractivity contribution is 7.98. The van der Waals surface area contributed by atoms with Gasteiger partial charge in [-0.1, -0.05) is 11.8 Å². The quantitative estimate of drug-likeness (QED) is 0.332. The minimum atomic E-state index is -0.262. The molecule has 0 unspecified atom stereocenters. The maximum absolute atomic E-state index is 11.3. The first-order valence-corrected chi connectivity index (χ1v) is 5.33. The van der Waals surface area contributed by atoms with Crippen molar-refractivity contribution in [3.8, 4) is 0 Å². The second-order valence-corrected chi connectivity index (χ2v) is 3.60. The average Bonchev–Trinajstić information content (AvgIpc) is 2.18. The van der Waals surface area contributed by atoms with Crippen molar-refractivity contribution in [3.05, 3.63) is 29.1 Å². The predicted molar refractivity (Wildman–Crippen MR) is 55.7 cm³/mol. The molecular weight excluding hydrogens is 200 g/mol. The third-order valence-electron chi connectivity index (χ3n) is 1.78. The largest absolute Gasteiger partial charge is 0.618 e. The molecule has 0 fully saturated rings. The molecule has 4 nitrogen and oxygen atoms in total. The lowest BCUT2D eigenvalue weighted by Gasteiger charge is -2.06. The molecule has 14 heavy (non-hydrogen) atoms. The number of pyridine rings is 1. The maximum Gasteiger partial charge on any atom is 0.254 e. The zero-order chi connectivity index (χ0) is 10.6. The lowest BCUT2D eigenvalue weighted by molar-refractivity contribution is -0.646. The summed E-state index contributed by atoms with van der Waals surface area (Å²) in [5, 5.41) is 28.0. The summed E-state index contributed by atoms with van der Waals surface area (Å²) in [4.78, 5) is 0. The normalized spacial score (nSPS) is 10.1. The molecule has 0 radical (unpaired) electrons. The molecule has 2 N–H and O–H groups in total. The third kappa shape index (κ3) is 2.46. The van der Waals surface area contributed by atoms with Crippen LogP contribution in [0.25, 0.3) is 0 Å². The van der Waals surface area contributed by atoms with Gasteiger partial charge in [0, 0.05) is 23.8 Å². The highest BCUT2D eigenvalue weighted by Gasteiger charge is 2.11. The summed E-state index contributed by atoms with van der Waals surface area (Å²) in [5.74, 6) is 0. The van der Waals surface area contributed by atoms with E-state index in [4.69, 9.17) is 10.5 Å². The zero-order valence-corrected chi connectivity index (χ0v) is 8.67. The van der Waals surface area contributed by atoms with E-state index >= 15 is 0 Å². The van der Waals surface area contributed by atoms with E-state index in [0.29, 0.717) is 11.4 Å². The number of hydrogen-bond donors (Lipinski definition) is 2. The van der Waals surface area contributed by atoms with Crippen LogP contribution < -0.4 is 4.73 Å². The van der Waals surface area contributed by atoms with Gasteiger partial charge in [-0.25, -0.2) is 0 Å². The van der Waals surface area contributed by atoms with Gasteiger partial charge in [-0.15, -0.1) is 0 Å². The summed E-state index contributed by atoms with van der Waals surface area (Å²) in [6, 6.07) is 3.44. The van der Waals surface area contributed by atoms with Gasteiger partial charge in [-0.3, -0.25) is 0 Å². The summed E-state index contributed by atoms with van der Waals surface area (Å²) in [6.45, 7) is -0.262. The van der Waals surface area contributed by atoms with Gasteiger partial charge < -0.3 is 15.7 Å². The second kappa shape index (κ2) is 4.97. The van der Waals surface area contributed by atoms with E-state index in [9.17, 15) is 5.21 Å². The Morgan fingerprint density at radius 2 is 2.43 bits per heavy atom. The molecular formula is C9H12N2O2S. The zero-order valence-electron chi connectivity index (χ0n) is 7.86. The van der Waals surface area contributed by atoms with E-state index in [1.54, 1.807) is 12.1 Å². The lowest BCUT2D eigenvalue weighted by atomic mass is 10.1. The van der Waals surface area contributed by atoms with Crippen LogP contribution in [0.1, 0.15) is 5.56 Å². The molecule has 1 aromatic heterocycles. The maximum atomic E-state index is 11.3. The number of hydrogen-bond acceptors (Lipinski definition) is 4. The first kappa shape index (κ1) is 11.0. The molecule has 0 aliphatic rings. The smallest absolute Gasteiger partial charge is 0.254 e. The van der Waals surface area contributed by atoms with Crippen LogP contribution in [0.3, 0.4) is 0 Å². The Hall–Kier alpha value is -1.07. The van der Waals surface area contributed by atoms with Crippen LogP contribution >= 0.6 is 11.8 Å². The number of aromatic nitrogens is 1. The highest BCUT2D eigenvalue weighted by Crippen LogP contribution is 2.15. The van der Waals surface area contributed by atoms with E-state index in [1.165, 1.54) is 18.0 Å². The first-order valence-electron chi connectivity index (χ1n) is 4.11. The number of nitrogens with zero attached hydrogens (tertiary/aromatic N) is 1. The summed E-state index contributed by atoms with van der Waals surface area (Å²) >= 11 is 1.35. The van der Waals surface area contributed by atoms with Gasteiger partial charge in [-0.05, 0) is 12.3 Å². The second-order valence-electron chi connectivity index (χ2n) is 2.81. The van der Waals surface area contributed by atoms with Crippen LogP contribution in [-0.2, 0) is 6.42 Å². The molecule has 0 saturated heterocycles. The van der Waals surface area contributed by atoms with Crippen molar-refractivity contribution in [2.45, 2.75) is 11.4 Å². The fourth-order valence-electron chi connectivity index (χ4n) is 1.16. The minimum absolute atomic E-state index is 0.214. The average molecular weight is 212 g/mol. The lowest BCUT2D eigenvalue weighted by Crippen LogP contribution is -2.30. The molecule has 0 atom stereocenters. The van der Waals surface area contributed by atoms with Crippen LogP contribution in [0.4, 0.5) is 0 Å². The molecule has 0 aromatic carbocycles. The van der Waals surface area contributed by atoms with Crippen molar-refractivity contribution in [1.29, 1.82) is 5.41 Å².